The van der Waals surface area contributed by atoms with E-state index in [4.69, 9.17) is 6.42 Å². The van der Waals surface area contributed by atoms with Gasteiger partial charge in [0.15, 0.2) is 0 Å². The molecule has 1 aliphatic carbocycles. The molecule has 54 valence electrons. The fourth-order valence-corrected chi connectivity index (χ4v) is 2.30. The van der Waals surface area contributed by atoms with Crippen LogP contribution in [0.5, 0.6) is 0 Å². The van der Waals surface area contributed by atoms with Gasteiger partial charge in [-0.2, -0.15) is 0 Å². The molecular weight excluding hydrogens is 122 g/mol. The van der Waals surface area contributed by atoms with Crippen molar-refractivity contribution in [3.05, 3.63) is 0 Å². The van der Waals surface area contributed by atoms with Crippen LogP contribution in [0.15, 0.2) is 0 Å². The van der Waals surface area contributed by atoms with Crippen LogP contribution in [-0.4, -0.2) is 13.1 Å². The number of rotatable bonds is 0. The van der Waals surface area contributed by atoms with Crippen LogP contribution in [-0.2, 0) is 0 Å². The maximum atomic E-state index is 5.37. The van der Waals surface area contributed by atoms with Crippen LogP contribution < -0.4 is 5.32 Å². The monoisotopic (exact) mass is 135 g/mol. The van der Waals surface area contributed by atoms with E-state index in [2.05, 4.69) is 11.2 Å². The van der Waals surface area contributed by atoms with Gasteiger partial charge in [-0.1, -0.05) is 0 Å². The summed E-state index contributed by atoms with van der Waals surface area (Å²) in [5.74, 6) is 5.27. The quantitative estimate of drug-likeness (QED) is 0.486. The molecule has 2 atom stereocenters. The van der Waals surface area contributed by atoms with Crippen molar-refractivity contribution < 1.29 is 0 Å². The summed E-state index contributed by atoms with van der Waals surface area (Å²) in [6.45, 7) is 2.42. The SMILES string of the molecule is C#CC1CC2CNCC2C1. The molecule has 1 heteroatoms. The lowest BCUT2D eigenvalue weighted by molar-refractivity contribution is 0.494. The van der Waals surface area contributed by atoms with Gasteiger partial charge in [0.1, 0.15) is 0 Å². The number of hydrogen-bond acceptors (Lipinski definition) is 1. The molecular formula is C9H13N. The molecule has 0 spiro atoms. The molecule has 1 nitrogen and oxygen atoms in total. The van der Waals surface area contributed by atoms with Crippen molar-refractivity contribution in [1.82, 2.24) is 5.32 Å². The van der Waals surface area contributed by atoms with Gasteiger partial charge in [0.05, 0.1) is 0 Å². The molecule has 0 aromatic carbocycles. The molecule has 2 fully saturated rings. The molecule has 1 saturated carbocycles. The molecule has 0 aromatic heterocycles. The predicted molar refractivity (Wildman–Crippen MR) is 41.4 cm³/mol. The number of hydrogen-bond donors (Lipinski definition) is 1. The number of terminal acetylenes is 1. The molecule has 10 heavy (non-hydrogen) atoms. The molecule has 2 unspecified atom stereocenters. The van der Waals surface area contributed by atoms with Gasteiger partial charge in [0, 0.05) is 5.92 Å². The van der Waals surface area contributed by atoms with E-state index in [1.54, 1.807) is 0 Å². The van der Waals surface area contributed by atoms with Gasteiger partial charge < -0.3 is 5.32 Å². The summed E-state index contributed by atoms with van der Waals surface area (Å²) in [4.78, 5) is 0. The molecule has 0 aromatic rings. The Kier molecular flexibility index (Phi) is 1.43. The zero-order chi connectivity index (χ0) is 6.97. The summed E-state index contributed by atoms with van der Waals surface area (Å²) in [6.07, 6.45) is 7.91. The Morgan fingerprint density at radius 1 is 1.20 bits per heavy atom. The zero-order valence-corrected chi connectivity index (χ0v) is 6.14. The van der Waals surface area contributed by atoms with Crippen LogP contribution >= 0.6 is 0 Å². The van der Waals surface area contributed by atoms with Gasteiger partial charge in [-0.25, -0.2) is 0 Å². The van der Waals surface area contributed by atoms with Crippen LogP contribution in [0, 0.1) is 30.1 Å². The highest BCUT2D eigenvalue weighted by atomic mass is 14.9. The van der Waals surface area contributed by atoms with Crippen LogP contribution in [0.4, 0.5) is 0 Å². The van der Waals surface area contributed by atoms with Crippen molar-refractivity contribution >= 4 is 0 Å². The van der Waals surface area contributed by atoms with Crippen molar-refractivity contribution in [2.75, 3.05) is 13.1 Å². The molecule has 2 aliphatic rings. The van der Waals surface area contributed by atoms with Gasteiger partial charge in [-0.3, -0.25) is 0 Å². The van der Waals surface area contributed by atoms with Gasteiger partial charge >= 0.3 is 0 Å². The van der Waals surface area contributed by atoms with Crippen LogP contribution in [0.25, 0.3) is 0 Å². The summed E-state index contributed by atoms with van der Waals surface area (Å²) in [6, 6.07) is 0. The van der Waals surface area contributed by atoms with Crippen molar-refractivity contribution in [3.8, 4) is 12.3 Å². The zero-order valence-electron chi connectivity index (χ0n) is 6.14. The van der Waals surface area contributed by atoms with E-state index in [-0.39, 0.29) is 0 Å². The van der Waals surface area contributed by atoms with Crippen LogP contribution in [0.3, 0.4) is 0 Å². The van der Waals surface area contributed by atoms with E-state index in [9.17, 15) is 0 Å². The smallest absolute Gasteiger partial charge is 0.0206 e. The second kappa shape index (κ2) is 2.29. The van der Waals surface area contributed by atoms with E-state index in [0.717, 1.165) is 11.8 Å². The predicted octanol–water partition coefficient (Wildman–Crippen LogP) is 0.865. The van der Waals surface area contributed by atoms with E-state index < -0.39 is 0 Å². The number of fused-ring (bicyclic) bond motifs is 1. The molecule has 0 bridgehead atoms. The fraction of sp³-hybridized carbons (Fsp3) is 0.778. The molecule has 2 rings (SSSR count). The van der Waals surface area contributed by atoms with E-state index >= 15 is 0 Å². The summed E-state index contributed by atoms with van der Waals surface area (Å²) in [5.41, 5.74) is 0. The Labute approximate surface area is 62.2 Å². The third-order valence-corrected chi connectivity index (χ3v) is 2.89. The Bertz CT molecular complexity index is 156. The van der Waals surface area contributed by atoms with Gasteiger partial charge in [0.2, 0.25) is 0 Å². The molecule has 1 saturated heterocycles. The average Bonchev–Trinajstić information content (AvgIpc) is 2.42. The van der Waals surface area contributed by atoms with Crippen molar-refractivity contribution in [3.63, 3.8) is 0 Å². The molecule has 1 aliphatic heterocycles. The lowest BCUT2D eigenvalue weighted by atomic mass is 10.0. The van der Waals surface area contributed by atoms with Crippen LogP contribution in [0.2, 0.25) is 0 Å². The van der Waals surface area contributed by atoms with Crippen molar-refractivity contribution in [2.24, 2.45) is 17.8 Å². The van der Waals surface area contributed by atoms with E-state index in [1.165, 1.54) is 25.9 Å². The summed E-state index contributed by atoms with van der Waals surface area (Å²) in [7, 11) is 0. The second-order valence-electron chi connectivity index (χ2n) is 3.51. The largest absolute Gasteiger partial charge is 0.316 e. The third kappa shape index (κ3) is 0.839. The first-order valence-electron chi connectivity index (χ1n) is 4.07. The maximum absolute atomic E-state index is 5.37. The molecule has 1 heterocycles. The maximum Gasteiger partial charge on any atom is 0.0206 e. The highest BCUT2D eigenvalue weighted by Crippen LogP contribution is 2.37. The normalized spacial score (nSPS) is 44.9. The first-order chi connectivity index (χ1) is 4.90. The van der Waals surface area contributed by atoms with Crippen molar-refractivity contribution in [1.29, 1.82) is 0 Å². The fourth-order valence-electron chi connectivity index (χ4n) is 2.30. The molecule has 0 radical (unpaired) electrons. The van der Waals surface area contributed by atoms with Crippen molar-refractivity contribution in [2.45, 2.75) is 12.8 Å². The first-order valence-corrected chi connectivity index (χ1v) is 4.07. The second-order valence-corrected chi connectivity index (χ2v) is 3.51. The highest BCUT2D eigenvalue weighted by Gasteiger charge is 2.36. The Morgan fingerprint density at radius 2 is 1.80 bits per heavy atom. The Hall–Kier alpha value is -0.480. The van der Waals surface area contributed by atoms with Gasteiger partial charge in [-0.05, 0) is 37.8 Å². The Balaban J connectivity index is 2.01. The van der Waals surface area contributed by atoms with E-state index in [0.29, 0.717) is 5.92 Å². The highest BCUT2D eigenvalue weighted by molar-refractivity contribution is 5.02. The minimum atomic E-state index is 0.595. The lowest BCUT2D eigenvalue weighted by Crippen LogP contribution is -2.11. The summed E-state index contributed by atoms with van der Waals surface area (Å²) >= 11 is 0. The first kappa shape index (κ1) is 6.24. The number of nitrogens with one attached hydrogen (secondary N) is 1. The minimum absolute atomic E-state index is 0.595. The summed E-state index contributed by atoms with van der Waals surface area (Å²) < 4.78 is 0. The molecule has 1 N–H and O–H groups in total. The Morgan fingerprint density at radius 3 is 2.30 bits per heavy atom. The lowest BCUT2D eigenvalue weighted by Gasteiger charge is -2.02. The van der Waals surface area contributed by atoms with Gasteiger partial charge in [0.25, 0.3) is 0 Å². The van der Waals surface area contributed by atoms with E-state index in [1.807, 2.05) is 0 Å². The average molecular weight is 135 g/mol. The summed E-state index contributed by atoms with van der Waals surface area (Å²) in [5, 5.41) is 3.40. The minimum Gasteiger partial charge on any atom is -0.316 e. The van der Waals surface area contributed by atoms with Crippen LogP contribution in [0.1, 0.15) is 12.8 Å². The topological polar surface area (TPSA) is 12.0 Å². The third-order valence-electron chi connectivity index (χ3n) is 2.89. The molecule has 0 amide bonds. The standard InChI is InChI=1S/C9H13N/c1-2-7-3-8-5-10-6-9(8)4-7/h1,7-10H,3-6H2. The van der Waals surface area contributed by atoms with Gasteiger partial charge in [-0.15, -0.1) is 12.3 Å².